The minimum atomic E-state index is 0.614. The highest BCUT2D eigenvalue weighted by Crippen LogP contribution is 2.34. The number of hydrogen-bond acceptors (Lipinski definition) is 2. The van der Waals surface area contributed by atoms with E-state index in [9.17, 15) is 0 Å². The Morgan fingerprint density at radius 2 is 2.11 bits per heavy atom. The summed E-state index contributed by atoms with van der Waals surface area (Å²) in [6.45, 7) is 4.44. The van der Waals surface area contributed by atoms with Crippen LogP contribution in [-0.2, 0) is 13.0 Å². The molecule has 1 aliphatic carbocycles. The fraction of sp³-hybridized carbons (Fsp3) is 0.625. The lowest BCUT2D eigenvalue weighted by molar-refractivity contribution is 0.439. The van der Waals surface area contributed by atoms with Crippen LogP contribution in [0, 0.1) is 5.92 Å². The summed E-state index contributed by atoms with van der Waals surface area (Å²) >= 11 is 0. The van der Waals surface area contributed by atoms with Crippen LogP contribution < -0.4 is 10.6 Å². The average Bonchev–Trinajstić information content (AvgIpc) is 3.15. The highest BCUT2D eigenvalue weighted by molar-refractivity contribution is 5.29. The van der Waals surface area contributed by atoms with Crippen molar-refractivity contribution >= 4 is 0 Å². The predicted octanol–water partition coefficient (Wildman–Crippen LogP) is 2.48. The first-order chi connectivity index (χ1) is 8.86. The van der Waals surface area contributed by atoms with Gasteiger partial charge in [-0.3, -0.25) is 0 Å². The topological polar surface area (TPSA) is 24.1 Å². The van der Waals surface area contributed by atoms with E-state index < -0.39 is 0 Å². The van der Waals surface area contributed by atoms with Crippen molar-refractivity contribution in [3.63, 3.8) is 0 Å². The van der Waals surface area contributed by atoms with Crippen molar-refractivity contribution in [3.05, 3.63) is 35.4 Å². The van der Waals surface area contributed by atoms with E-state index in [0.29, 0.717) is 6.04 Å². The van der Waals surface area contributed by atoms with Crippen molar-refractivity contribution in [2.75, 3.05) is 6.54 Å². The summed E-state index contributed by atoms with van der Waals surface area (Å²) in [5, 5.41) is 7.37. The normalized spacial score (nSPS) is 29.9. The summed E-state index contributed by atoms with van der Waals surface area (Å²) in [6.07, 6.45) is 5.31. The van der Waals surface area contributed by atoms with Crippen LogP contribution in [0.25, 0.3) is 0 Å². The zero-order valence-electron chi connectivity index (χ0n) is 11.3. The largest absolute Gasteiger partial charge is 0.312 e. The van der Waals surface area contributed by atoms with Crippen molar-refractivity contribution < 1.29 is 0 Å². The van der Waals surface area contributed by atoms with E-state index in [4.69, 9.17) is 0 Å². The number of benzene rings is 1. The van der Waals surface area contributed by atoms with Crippen LogP contribution in [0.1, 0.15) is 37.3 Å². The minimum absolute atomic E-state index is 0.614. The molecule has 18 heavy (non-hydrogen) atoms. The summed E-state index contributed by atoms with van der Waals surface area (Å²) in [5.41, 5.74) is 3.01. The Balaban J connectivity index is 1.46. The van der Waals surface area contributed by atoms with Crippen molar-refractivity contribution in [2.24, 2.45) is 5.92 Å². The minimum Gasteiger partial charge on any atom is -0.312 e. The molecule has 2 N–H and O–H groups in total. The van der Waals surface area contributed by atoms with E-state index in [2.05, 4.69) is 41.8 Å². The Morgan fingerprint density at radius 3 is 2.94 bits per heavy atom. The SMILES string of the molecule is CCCC1CC1NCC1Cc2ccccc2CN1. The Morgan fingerprint density at radius 1 is 1.28 bits per heavy atom. The first-order valence-corrected chi connectivity index (χ1v) is 7.40. The van der Waals surface area contributed by atoms with Gasteiger partial charge in [0.15, 0.2) is 0 Å². The first kappa shape index (κ1) is 12.2. The summed E-state index contributed by atoms with van der Waals surface area (Å²) in [7, 11) is 0. The van der Waals surface area contributed by atoms with Crippen molar-refractivity contribution in [2.45, 2.75) is 51.2 Å². The van der Waals surface area contributed by atoms with Crippen LogP contribution >= 0.6 is 0 Å². The molecule has 1 aliphatic heterocycles. The molecule has 0 spiro atoms. The van der Waals surface area contributed by atoms with Gasteiger partial charge in [0.05, 0.1) is 0 Å². The summed E-state index contributed by atoms with van der Waals surface area (Å²) in [4.78, 5) is 0. The van der Waals surface area contributed by atoms with E-state index in [0.717, 1.165) is 25.0 Å². The van der Waals surface area contributed by atoms with Gasteiger partial charge in [0.25, 0.3) is 0 Å². The lowest BCUT2D eigenvalue weighted by Crippen LogP contribution is -2.43. The van der Waals surface area contributed by atoms with E-state index >= 15 is 0 Å². The maximum Gasteiger partial charge on any atom is 0.0236 e. The quantitative estimate of drug-likeness (QED) is 0.831. The maximum absolute atomic E-state index is 3.73. The van der Waals surface area contributed by atoms with Crippen LogP contribution in [0.5, 0.6) is 0 Å². The third-order valence-electron chi connectivity index (χ3n) is 4.37. The molecule has 0 aromatic heterocycles. The van der Waals surface area contributed by atoms with Crippen molar-refractivity contribution in [1.29, 1.82) is 0 Å². The first-order valence-electron chi connectivity index (χ1n) is 7.40. The van der Waals surface area contributed by atoms with Crippen LogP contribution in [0.3, 0.4) is 0 Å². The van der Waals surface area contributed by atoms with Gasteiger partial charge in [-0.15, -0.1) is 0 Å². The number of nitrogens with one attached hydrogen (secondary N) is 2. The highest BCUT2D eigenvalue weighted by Gasteiger charge is 2.35. The molecule has 3 unspecified atom stereocenters. The number of rotatable bonds is 5. The molecular weight excluding hydrogens is 220 g/mol. The third-order valence-corrected chi connectivity index (χ3v) is 4.37. The molecule has 3 atom stereocenters. The molecule has 1 heterocycles. The maximum atomic E-state index is 3.73. The lowest BCUT2D eigenvalue weighted by atomic mass is 9.96. The molecule has 0 radical (unpaired) electrons. The smallest absolute Gasteiger partial charge is 0.0236 e. The monoisotopic (exact) mass is 244 g/mol. The summed E-state index contributed by atoms with van der Waals surface area (Å²) < 4.78 is 0. The van der Waals surface area contributed by atoms with Gasteiger partial charge in [-0.1, -0.05) is 37.6 Å². The van der Waals surface area contributed by atoms with E-state index in [-0.39, 0.29) is 0 Å². The fourth-order valence-corrected chi connectivity index (χ4v) is 3.15. The zero-order valence-corrected chi connectivity index (χ0v) is 11.3. The fourth-order valence-electron chi connectivity index (χ4n) is 3.15. The van der Waals surface area contributed by atoms with E-state index in [1.807, 2.05) is 0 Å². The molecule has 2 nitrogen and oxygen atoms in total. The van der Waals surface area contributed by atoms with Gasteiger partial charge in [-0.2, -0.15) is 0 Å². The van der Waals surface area contributed by atoms with Crippen LogP contribution in [0.15, 0.2) is 24.3 Å². The van der Waals surface area contributed by atoms with Gasteiger partial charge in [0.2, 0.25) is 0 Å². The highest BCUT2D eigenvalue weighted by atomic mass is 15.0. The molecular formula is C16H24N2. The van der Waals surface area contributed by atoms with Crippen molar-refractivity contribution in [3.8, 4) is 0 Å². The van der Waals surface area contributed by atoms with Crippen LogP contribution in [0.4, 0.5) is 0 Å². The Bertz CT molecular complexity index is 402. The van der Waals surface area contributed by atoms with Crippen LogP contribution in [-0.4, -0.2) is 18.6 Å². The second-order valence-corrected chi connectivity index (χ2v) is 5.85. The van der Waals surface area contributed by atoms with Gasteiger partial charge >= 0.3 is 0 Å². The van der Waals surface area contributed by atoms with E-state index in [1.54, 1.807) is 0 Å². The van der Waals surface area contributed by atoms with Gasteiger partial charge in [0.1, 0.15) is 0 Å². The molecule has 0 amide bonds. The standard InChI is InChI=1S/C16H24N2/c1-2-5-13-9-16(13)18-11-15-8-12-6-3-4-7-14(12)10-17-15/h3-4,6-7,13,15-18H,2,5,8-11H2,1H3. The molecule has 1 fully saturated rings. The van der Waals surface area contributed by atoms with E-state index in [1.165, 1.54) is 36.8 Å². The van der Waals surface area contributed by atoms with Gasteiger partial charge in [-0.25, -0.2) is 0 Å². The molecule has 0 saturated heterocycles. The van der Waals surface area contributed by atoms with Gasteiger partial charge in [-0.05, 0) is 36.3 Å². The molecule has 1 aromatic carbocycles. The Hall–Kier alpha value is -0.860. The molecule has 3 rings (SSSR count). The number of hydrogen-bond donors (Lipinski definition) is 2. The predicted molar refractivity (Wildman–Crippen MR) is 75.6 cm³/mol. The third kappa shape index (κ3) is 2.76. The molecule has 0 bridgehead atoms. The molecule has 2 heteroatoms. The second kappa shape index (κ2) is 5.41. The Kier molecular flexibility index (Phi) is 3.67. The second-order valence-electron chi connectivity index (χ2n) is 5.85. The lowest BCUT2D eigenvalue weighted by Gasteiger charge is -2.26. The molecule has 1 saturated carbocycles. The number of fused-ring (bicyclic) bond motifs is 1. The summed E-state index contributed by atoms with van der Waals surface area (Å²) in [5.74, 6) is 0.964. The van der Waals surface area contributed by atoms with Crippen molar-refractivity contribution in [1.82, 2.24) is 10.6 Å². The zero-order chi connectivity index (χ0) is 12.4. The van der Waals surface area contributed by atoms with Gasteiger partial charge < -0.3 is 10.6 Å². The van der Waals surface area contributed by atoms with Crippen LogP contribution in [0.2, 0.25) is 0 Å². The molecule has 98 valence electrons. The molecule has 2 aliphatic rings. The molecule has 1 aromatic rings. The Labute approximate surface area is 110 Å². The average molecular weight is 244 g/mol. The van der Waals surface area contributed by atoms with Gasteiger partial charge in [0, 0.05) is 25.2 Å². The summed E-state index contributed by atoms with van der Waals surface area (Å²) in [6, 6.07) is 10.2.